The predicted molar refractivity (Wildman–Crippen MR) is 61.7 cm³/mol. The van der Waals surface area contributed by atoms with Crippen LogP contribution in [-0.2, 0) is 4.74 Å². The molecule has 1 unspecified atom stereocenters. The fourth-order valence-corrected chi connectivity index (χ4v) is 2.81. The van der Waals surface area contributed by atoms with Crippen LogP contribution in [0, 0.1) is 0 Å². The number of aromatic nitrogens is 1. The lowest BCUT2D eigenvalue weighted by Crippen LogP contribution is -2.43. The van der Waals surface area contributed by atoms with Crippen molar-refractivity contribution in [3.05, 3.63) is 10.0 Å². The van der Waals surface area contributed by atoms with E-state index in [1.54, 1.807) is 0 Å². The van der Waals surface area contributed by atoms with Crippen LogP contribution in [0.2, 0.25) is 5.15 Å². The van der Waals surface area contributed by atoms with E-state index >= 15 is 0 Å². The summed E-state index contributed by atoms with van der Waals surface area (Å²) in [6.45, 7) is 3.97. The summed E-state index contributed by atoms with van der Waals surface area (Å²) in [4.78, 5) is 17.0. The number of carbonyl (C=O) groups is 1. The highest BCUT2D eigenvalue weighted by atomic mass is 35.5. The second kappa shape index (κ2) is 4.57. The van der Waals surface area contributed by atoms with Gasteiger partial charge < -0.3 is 14.7 Å². The average Bonchev–Trinajstić information content (AvgIpc) is 2.61. The Hall–Kier alpha value is -0.850. The predicted octanol–water partition coefficient (Wildman–Crippen LogP) is 1.72. The van der Waals surface area contributed by atoms with E-state index in [0.29, 0.717) is 24.9 Å². The maximum Gasteiger partial charge on any atom is 0.349 e. The van der Waals surface area contributed by atoms with Crippen molar-refractivity contribution in [1.82, 2.24) is 4.98 Å². The first-order valence-corrected chi connectivity index (χ1v) is 6.03. The third-order valence-corrected chi connectivity index (χ3v) is 3.85. The molecule has 0 spiro atoms. The lowest BCUT2D eigenvalue weighted by molar-refractivity contribution is 0.0702. The third-order valence-electron chi connectivity index (χ3n) is 2.38. The topological polar surface area (TPSA) is 62.7 Å². The van der Waals surface area contributed by atoms with Crippen LogP contribution < -0.4 is 4.90 Å². The molecule has 1 N–H and O–H groups in total. The zero-order valence-electron chi connectivity index (χ0n) is 8.64. The van der Waals surface area contributed by atoms with Crippen molar-refractivity contribution in [3.8, 4) is 0 Å². The summed E-state index contributed by atoms with van der Waals surface area (Å²) in [5.41, 5.74) is 0. The van der Waals surface area contributed by atoms with Gasteiger partial charge in [-0.25, -0.2) is 9.78 Å². The zero-order valence-corrected chi connectivity index (χ0v) is 10.2. The molecule has 1 fully saturated rings. The first-order valence-electron chi connectivity index (χ1n) is 4.83. The third kappa shape index (κ3) is 2.14. The number of carboxylic acid groups (broad SMARTS) is 1. The summed E-state index contributed by atoms with van der Waals surface area (Å²) in [7, 11) is 0. The maximum atomic E-state index is 10.8. The highest BCUT2D eigenvalue weighted by Crippen LogP contribution is 2.31. The highest BCUT2D eigenvalue weighted by molar-refractivity contribution is 7.18. The monoisotopic (exact) mass is 262 g/mol. The van der Waals surface area contributed by atoms with Crippen molar-refractivity contribution in [2.75, 3.05) is 24.7 Å². The average molecular weight is 263 g/mol. The van der Waals surface area contributed by atoms with Gasteiger partial charge in [0.05, 0.1) is 19.3 Å². The number of thiazole rings is 1. The van der Waals surface area contributed by atoms with Crippen LogP contribution in [0.4, 0.5) is 5.13 Å². The molecule has 7 heteroatoms. The molecule has 1 saturated heterocycles. The molecule has 1 aromatic rings. The standard InChI is InChI=1S/C9H11ClN2O3S/c1-5-4-15-3-2-12(5)9-11-7(10)6(16-9)8(13)14/h5H,2-4H2,1H3,(H,13,14). The SMILES string of the molecule is CC1COCCN1c1nc(Cl)c(C(=O)O)s1. The van der Waals surface area contributed by atoms with E-state index in [4.69, 9.17) is 21.4 Å². The summed E-state index contributed by atoms with van der Waals surface area (Å²) >= 11 is 6.87. The second-order valence-electron chi connectivity index (χ2n) is 3.54. The Bertz CT molecular complexity index is 409. The molecular formula is C9H11ClN2O3S. The van der Waals surface area contributed by atoms with Crippen LogP contribution >= 0.6 is 22.9 Å². The molecule has 1 aliphatic rings. The molecule has 2 rings (SSSR count). The minimum absolute atomic E-state index is 0.0613. The molecule has 2 heterocycles. The number of halogens is 1. The molecular weight excluding hydrogens is 252 g/mol. The molecule has 1 aliphatic heterocycles. The van der Waals surface area contributed by atoms with E-state index in [-0.39, 0.29) is 16.1 Å². The van der Waals surface area contributed by atoms with Gasteiger partial charge in [0.15, 0.2) is 15.2 Å². The number of morpholine rings is 1. The largest absolute Gasteiger partial charge is 0.477 e. The van der Waals surface area contributed by atoms with Crippen molar-refractivity contribution in [3.63, 3.8) is 0 Å². The van der Waals surface area contributed by atoms with Gasteiger partial charge in [-0.05, 0) is 6.92 Å². The van der Waals surface area contributed by atoms with Gasteiger partial charge in [0, 0.05) is 6.54 Å². The first kappa shape index (κ1) is 11.6. The van der Waals surface area contributed by atoms with Crippen LogP contribution in [0.3, 0.4) is 0 Å². The van der Waals surface area contributed by atoms with Crippen LogP contribution in [0.25, 0.3) is 0 Å². The normalized spacial score (nSPS) is 21.1. The number of aromatic carboxylic acids is 1. The second-order valence-corrected chi connectivity index (χ2v) is 4.87. The quantitative estimate of drug-likeness (QED) is 0.879. The van der Waals surface area contributed by atoms with E-state index in [9.17, 15) is 4.79 Å². The van der Waals surface area contributed by atoms with Crippen LogP contribution in [0.15, 0.2) is 0 Å². The van der Waals surface area contributed by atoms with E-state index in [1.165, 1.54) is 0 Å². The minimum Gasteiger partial charge on any atom is -0.477 e. The summed E-state index contributed by atoms with van der Waals surface area (Å²) in [6, 6.07) is 0.192. The van der Waals surface area contributed by atoms with Gasteiger partial charge in [-0.2, -0.15) is 0 Å². The molecule has 16 heavy (non-hydrogen) atoms. The number of hydrogen-bond acceptors (Lipinski definition) is 5. The van der Waals surface area contributed by atoms with Gasteiger partial charge in [0.1, 0.15) is 0 Å². The Balaban J connectivity index is 2.26. The number of nitrogens with zero attached hydrogens (tertiary/aromatic N) is 2. The van der Waals surface area contributed by atoms with Crippen molar-refractivity contribution >= 4 is 34.0 Å². The van der Waals surface area contributed by atoms with Gasteiger partial charge >= 0.3 is 5.97 Å². The highest BCUT2D eigenvalue weighted by Gasteiger charge is 2.25. The van der Waals surface area contributed by atoms with Gasteiger partial charge in [-0.15, -0.1) is 0 Å². The zero-order chi connectivity index (χ0) is 11.7. The first-order chi connectivity index (χ1) is 7.59. The lowest BCUT2D eigenvalue weighted by atomic mass is 10.3. The number of ether oxygens (including phenoxy) is 1. The van der Waals surface area contributed by atoms with E-state index in [2.05, 4.69) is 4.98 Å². The van der Waals surface area contributed by atoms with E-state index in [1.807, 2.05) is 11.8 Å². The Morgan fingerprint density at radius 2 is 2.50 bits per heavy atom. The number of carboxylic acids is 1. The van der Waals surface area contributed by atoms with Gasteiger partial charge in [0.25, 0.3) is 0 Å². The van der Waals surface area contributed by atoms with Crippen molar-refractivity contribution in [1.29, 1.82) is 0 Å². The molecule has 0 amide bonds. The van der Waals surface area contributed by atoms with Crippen LogP contribution in [-0.4, -0.2) is 41.9 Å². The summed E-state index contributed by atoms with van der Waals surface area (Å²) in [6.07, 6.45) is 0. The van der Waals surface area contributed by atoms with E-state index < -0.39 is 5.97 Å². The fourth-order valence-electron chi connectivity index (χ4n) is 1.56. The van der Waals surface area contributed by atoms with Crippen molar-refractivity contribution in [2.24, 2.45) is 0 Å². The Kier molecular flexibility index (Phi) is 3.32. The Labute approximate surface area is 102 Å². The lowest BCUT2D eigenvalue weighted by Gasteiger charge is -2.32. The summed E-state index contributed by atoms with van der Waals surface area (Å²) in [5.74, 6) is -1.03. The fraction of sp³-hybridized carbons (Fsp3) is 0.556. The molecule has 0 aromatic carbocycles. The van der Waals surface area contributed by atoms with Crippen molar-refractivity contribution < 1.29 is 14.6 Å². The van der Waals surface area contributed by atoms with Crippen molar-refractivity contribution in [2.45, 2.75) is 13.0 Å². The van der Waals surface area contributed by atoms with Crippen LogP contribution in [0.1, 0.15) is 16.6 Å². The number of rotatable bonds is 2. The molecule has 0 saturated carbocycles. The van der Waals surface area contributed by atoms with Gasteiger partial charge in [0.2, 0.25) is 0 Å². The Morgan fingerprint density at radius 1 is 1.75 bits per heavy atom. The van der Waals surface area contributed by atoms with Crippen LogP contribution in [0.5, 0.6) is 0 Å². The van der Waals surface area contributed by atoms with Gasteiger partial charge in [-0.1, -0.05) is 22.9 Å². The minimum atomic E-state index is -1.03. The Morgan fingerprint density at radius 3 is 3.06 bits per heavy atom. The molecule has 1 atom stereocenters. The molecule has 0 radical (unpaired) electrons. The van der Waals surface area contributed by atoms with E-state index in [0.717, 1.165) is 11.3 Å². The molecule has 0 aliphatic carbocycles. The number of anilines is 1. The molecule has 5 nitrogen and oxygen atoms in total. The maximum absolute atomic E-state index is 10.8. The van der Waals surface area contributed by atoms with Gasteiger partial charge in [-0.3, -0.25) is 0 Å². The molecule has 88 valence electrons. The summed E-state index contributed by atoms with van der Waals surface area (Å²) in [5, 5.41) is 9.60. The molecule has 1 aromatic heterocycles. The smallest absolute Gasteiger partial charge is 0.349 e. The number of hydrogen-bond donors (Lipinski definition) is 1. The molecule has 0 bridgehead atoms. The summed E-state index contributed by atoms with van der Waals surface area (Å²) < 4.78 is 5.30.